The monoisotopic (exact) mass is 233 g/mol. The van der Waals surface area contributed by atoms with E-state index in [1.54, 1.807) is 0 Å². The predicted molar refractivity (Wildman–Crippen MR) is 55.6 cm³/mol. The van der Waals surface area contributed by atoms with Gasteiger partial charge < -0.3 is 25.1 Å². The second-order valence-corrected chi connectivity index (χ2v) is 4.51. The fraction of sp³-hybridized carbons (Fsp3) is 0.900. The van der Waals surface area contributed by atoms with Crippen molar-refractivity contribution in [3.63, 3.8) is 0 Å². The van der Waals surface area contributed by atoms with Crippen molar-refractivity contribution in [2.75, 3.05) is 7.11 Å². The highest BCUT2D eigenvalue weighted by Gasteiger charge is 2.49. The van der Waals surface area contributed by atoms with Gasteiger partial charge in [0, 0.05) is 13.0 Å². The Morgan fingerprint density at radius 2 is 2.06 bits per heavy atom. The van der Waals surface area contributed by atoms with Gasteiger partial charge >= 0.3 is 6.09 Å². The van der Waals surface area contributed by atoms with Crippen molar-refractivity contribution in [3.8, 4) is 0 Å². The van der Waals surface area contributed by atoms with Crippen LogP contribution < -0.4 is 5.73 Å². The predicted octanol–water partition coefficient (Wildman–Crippen LogP) is 0.229. The van der Waals surface area contributed by atoms with Crippen LogP contribution >= 0.6 is 0 Å². The first-order valence-electron chi connectivity index (χ1n) is 5.14. The van der Waals surface area contributed by atoms with Crippen molar-refractivity contribution >= 4 is 6.09 Å². The Morgan fingerprint density at radius 3 is 2.50 bits per heavy atom. The van der Waals surface area contributed by atoms with E-state index in [1.807, 2.05) is 20.8 Å². The number of nitrogens with two attached hydrogens (primary N) is 1. The summed E-state index contributed by atoms with van der Waals surface area (Å²) in [6, 6.07) is 0. The number of aliphatic hydroxyl groups excluding tert-OH is 1. The van der Waals surface area contributed by atoms with Gasteiger partial charge in [-0.15, -0.1) is 0 Å². The molecule has 0 aromatic heterocycles. The molecule has 0 aromatic rings. The van der Waals surface area contributed by atoms with E-state index in [0.29, 0.717) is 0 Å². The van der Waals surface area contributed by atoms with Crippen LogP contribution in [0.4, 0.5) is 4.79 Å². The minimum absolute atomic E-state index is 0.193. The van der Waals surface area contributed by atoms with Crippen LogP contribution in [-0.4, -0.2) is 42.4 Å². The Balaban J connectivity index is 2.88. The Bertz CT molecular complexity index is 268. The second kappa shape index (κ2) is 4.57. The lowest BCUT2D eigenvalue weighted by atomic mass is 9.82. The summed E-state index contributed by atoms with van der Waals surface area (Å²) in [7, 11) is 1.42. The first-order chi connectivity index (χ1) is 7.29. The molecule has 1 heterocycles. The van der Waals surface area contributed by atoms with E-state index in [1.165, 1.54) is 7.11 Å². The van der Waals surface area contributed by atoms with Crippen molar-refractivity contribution in [2.45, 2.75) is 44.9 Å². The van der Waals surface area contributed by atoms with Gasteiger partial charge in [-0.3, -0.25) is 0 Å². The largest absolute Gasteiger partial charge is 0.443 e. The average Bonchev–Trinajstić information content (AvgIpc) is 2.18. The van der Waals surface area contributed by atoms with Crippen molar-refractivity contribution in [1.29, 1.82) is 0 Å². The molecule has 0 aromatic carbocycles. The van der Waals surface area contributed by atoms with Gasteiger partial charge in [-0.05, 0) is 13.8 Å². The van der Waals surface area contributed by atoms with Crippen LogP contribution in [0.15, 0.2) is 0 Å². The van der Waals surface area contributed by atoms with Crippen LogP contribution in [0.2, 0.25) is 0 Å². The third-order valence-electron chi connectivity index (χ3n) is 3.11. The number of carbonyl (C=O) groups is 1. The number of carbonyl (C=O) groups excluding carboxylic acids is 1. The quantitative estimate of drug-likeness (QED) is 0.712. The molecule has 1 aliphatic rings. The van der Waals surface area contributed by atoms with Crippen LogP contribution in [0, 0.1) is 5.92 Å². The smallest absolute Gasteiger partial charge is 0.404 e. The van der Waals surface area contributed by atoms with E-state index in [0.717, 1.165) is 0 Å². The van der Waals surface area contributed by atoms with Crippen LogP contribution in [-0.2, 0) is 14.2 Å². The van der Waals surface area contributed by atoms with E-state index in [-0.39, 0.29) is 5.92 Å². The van der Waals surface area contributed by atoms with Crippen LogP contribution in [0.25, 0.3) is 0 Å². The highest BCUT2D eigenvalue weighted by molar-refractivity contribution is 5.64. The number of amides is 1. The maximum Gasteiger partial charge on any atom is 0.404 e. The number of methoxy groups -OCH3 is 1. The molecule has 16 heavy (non-hydrogen) atoms. The van der Waals surface area contributed by atoms with Crippen LogP contribution in [0.3, 0.4) is 0 Å². The molecule has 94 valence electrons. The lowest BCUT2D eigenvalue weighted by Crippen LogP contribution is -2.59. The maximum absolute atomic E-state index is 10.8. The minimum Gasteiger partial charge on any atom is -0.443 e. The van der Waals surface area contributed by atoms with Gasteiger partial charge in [-0.25, -0.2) is 4.79 Å². The van der Waals surface area contributed by atoms with Gasteiger partial charge in [0.15, 0.2) is 6.29 Å². The molecular weight excluding hydrogens is 214 g/mol. The van der Waals surface area contributed by atoms with Gasteiger partial charge in [-0.2, -0.15) is 0 Å². The molecule has 0 spiro atoms. The van der Waals surface area contributed by atoms with Crippen molar-refractivity contribution in [2.24, 2.45) is 11.7 Å². The van der Waals surface area contributed by atoms with E-state index in [4.69, 9.17) is 19.9 Å². The van der Waals surface area contributed by atoms with Gasteiger partial charge in [0.05, 0.1) is 5.60 Å². The lowest BCUT2D eigenvalue weighted by Gasteiger charge is -2.46. The zero-order valence-corrected chi connectivity index (χ0v) is 9.97. The molecule has 1 amide bonds. The third kappa shape index (κ3) is 2.45. The number of ether oxygens (including phenoxy) is 3. The standard InChI is InChI=1S/C10H19NO5/c1-5-7(15-9(11)13)6(12)8(14-4)16-10(5,2)3/h5-8,12H,1-4H3,(H2,11,13)/t5-,6+,7+,8?/m1/s1. The number of primary amides is 1. The van der Waals surface area contributed by atoms with E-state index in [2.05, 4.69) is 0 Å². The molecule has 1 fully saturated rings. The SMILES string of the molecule is COC1OC(C)(C)[C@H](C)[C@H](OC(N)=O)[C@@H]1O. The minimum atomic E-state index is -1.04. The Hall–Kier alpha value is -0.850. The first-order valence-corrected chi connectivity index (χ1v) is 5.14. The zero-order chi connectivity index (χ0) is 12.5. The number of aliphatic hydroxyl groups is 1. The molecule has 1 rings (SSSR count). The zero-order valence-electron chi connectivity index (χ0n) is 9.97. The molecule has 6 nitrogen and oxygen atoms in total. The highest BCUT2D eigenvalue weighted by Crippen LogP contribution is 2.35. The molecule has 3 N–H and O–H groups in total. The second-order valence-electron chi connectivity index (χ2n) is 4.51. The van der Waals surface area contributed by atoms with Gasteiger partial charge in [-0.1, -0.05) is 6.92 Å². The van der Waals surface area contributed by atoms with Crippen LogP contribution in [0.1, 0.15) is 20.8 Å². The van der Waals surface area contributed by atoms with Crippen LogP contribution in [0.5, 0.6) is 0 Å². The summed E-state index contributed by atoms with van der Waals surface area (Å²) in [6.45, 7) is 5.50. The summed E-state index contributed by atoms with van der Waals surface area (Å²) in [5, 5.41) is 9.90. The molecule has 0 saturated carbocycles. The van der Waals surface area contributed by atoms with E-state index >= 15 is 0 Å². The maximum atomic E-state index is 10.8. The molecule has 1 aliphatic heterocycles. The number of hydrogen-bond donors (Lipinski definition) is 2. The molecular formula is C10H19NO5. The third-order valence-corrected chi connectivity index (χ3v) is 3.11. The van der Waals surface area contributed by atoms with Crippen molar-refractivity contribution < 1.29 is 24.1 Å². The molecule has 0 radical (unpaired) electrons. The molecule has 6 heteroatoms. The summed E-state index contributed by atoms with van der Waals surface area (Å²) in [6.07, 6.45) is -3.51. The highest BCUT2D eigenvalue weighted by atomic mass is 16.7. The fourth-order valence-corrected chi connectivity index (χ4v) is 1.82. The normalized spacial score (nSPS) is 38.1. The van der Waals surface area contributed by atoms with Gasteiger partial charge in [0.2, 0.25) is 0 Å². The molecule has 0 bridgehead atoms. The van der Waals surface area contributed by atoms with Crippen molar-refractivity contribution in [1.82, 2.24) is 0 Å². The molecule has 1 saturated heterocycles. The number of hydrogen-bond acceptors (Lipinski definition) is 5. The Morgan fingerprint density at radius 1 is 1.50 bits per heavy atom. The summed E-state index contributed by atoms with van der Waals surface area (Å²) >= 11 is 0. The van der Waals surface area contributed by atoms with Gasteiger partial charge in [0.1, 0.15) is 12.2 Å². The Kier molecular flexibility index (Phi) is 3.77. The van der Waals surface area contributed by atoms with Crippen molar-refractivity contribution in [3.05, 3.63) is 0 Å². The molecule has 4 atom stereocenters. The topological polar surface area (TPSA) is 91.0 Å². The lowest BCUT2D eigenvalue weighted by molar-refractivity contribution is -0.301. The summed E-state index contributed by atoms with van der Waals surface area (Å²) in [5.74, 6) is -0.193. The summed E-state index contributed by atoms with van der Waals surface area (Å²) in [4.78, 5) is 10.8. The van der Waals surface area contributed by atoms with Gasteiger partial charge in [0.25, 0.3) is 0 Å². The first kappa shape index (κ1) is 13.2. The summed E-state index contributed by atoms with van der Waals surface area (Å²) < 4.78 is 15.5. The average molecular weight is 233 g/mol. The number of rotatable bonds is 2. The van der Waals surface area contributed by atoms with E-state index in [9.17, 15) is 9.90 Å². The fourth-order valence-electron chi connectivity index (χ4n) is 1.82. The molecule has 0 aliphatic carbocycles. The van der Waals surface area contributed by atoms with E-state index < -0.39 is 30.2 Å². The molecule has 1 unspecified atom stereocenters. The Labute approximate surface area is 94.7 Å². The summed E-state index contributed by atoms with van der Waals surface area (Å²) in [5.41, 5.74) is 4.40.